The predicted octanol–water partition coefficient (Wildman–Crippen LogP) is -0.665. The van der Waals surface area contributed by atoms with E-state index in [1.807, 2.05) is 0 Å². The molecule has 1 heterocycles. The van der Waals surface area contributed by atoms with Crippen LogP contribution in [-0.2, 0) is 9.53 Å². The molecule has 1 unspecified atom stereocenters. The summed E-state index contributed by atoms with van der Waals surface area (Å²) in [6.07, 6.45) is 1.52. The van der Waals surface area contributed by atoms with Gasteiger partial charge in [0.05, 0.1) is 12.5 Å². The van der Waals surface area contributed by atoms with Gasteiger partial charge in [0, 0.05) is 13.7 Å². The van der Waals surface area contributed by atoms with E-state index in [9.17, 15) is 4.79 Å². The summed E-state index contributed by atoms with van der Waals surface area (Å²) >= 11 is 0. The molecule has 45 valence electrons. The van der Waals surface area contributed by atoms with Gasteiger partial charge in [0.25, 0.3) is 0 Å². The number of methoxy groups -OCH3 is 1. The first-order valence-electron chi connectivity index (χ1n) is 2.48. The maximum Gasteiger partial charge on any atom is 0.226 e. The molecule has 1 amide bonds. The quantitative estimate of drug-likeness (QED) is 0.491. The molecule has 0 bridgehead atoms. The third kappa shape index (κ3) is 0.980. The maximum atomic E-state index is 10.4. The van der Waals surface area contributed by atoms with Gasteiger partial charge in [-0.2, -0.15) is 0 Å². The van der Waals surface area contributed by atoms with Gasteiger partial charge in [-0.05, 0) is 0 Å². The van der Waals surface area contributed by atoms with Gasteiger partial charge in [0.15, 0.2) is 0 Å². The number of carbonyl (C=O) groups excluding carboxylic acids is 1. The Kier molecular flexibility index (Phi) is 1.48. The SMILES string of the molecule is COC1[CH]C(=O)NC1. The molecule has 0 spiro atoms. The molecule has 1 N–H and O–H groups in total. The molecule has 0 aromatic rings. The molecule has 0 aromatic heterocycles. The van der Waals surface area contributed by atoms with Crippen LogP contribution in [-0.4, -0.2) is 25.7 Å². The van der Waals surface area contributed by atoms with E-state index in [2.05, 4.69) is 5.32 Å². The largest absolute Gasteiger partial charge is 0.379 e. The lowest BCUT2D eigenvalue weighted by atomic mass is 10.3. The van der Waals surface area contributed by atoms with Gasteiger partial charge in [-0.1, -0.05) is 0 Å². The normalized spacial score (nSPS) is 28.1. The van der Waals surface area contributed by atoms with Crippen LogP contribution in [0.2, 0.25) is 0 Å². The van der Waals surface area contributed by atoms with Crippen LogP contribution in [0.1, 0.15) is 0 Å². The zero-order valence-corrected chi connectivity index (χ0v) is 4.68. The smallest absolute Gasteiger partial charge is 0.226 e. The molecule has 3 nitrogen and oxygen atoms in total. The highest BCUT2D eigenvalue weighted by molar-refractivity contribution is 5.87. The Bertz CT molecular complexity index is 103. The van der Waals surface area contributed by atoms with E-state index in [1.54, 1.807) is 7.11 Å². The summed E-state index contributed by atoms with van der Waals surface area (Å²) in [5.41, 5.74) is 0. The van der Waals surface area contributed by atoms with Crippen molar-refractivity contribution < 1.29 is 9.53 Å². The molecule has 1 aliphatic heterocycles. The molecular formula is C5H8NO2. The van der Waals surface area contributed by atoms with E-state index in [-0.39, 0.29) is 12.0 Å². The molecule has 1 saturated heterocycles. The fourth-order valence-electron chi connectivity index (χ4n) is 0.639. The second-order valence-electron chi connectivity index (χ2n) is 1.69. The molecule has 0 aliphatic carbocycles. The van der Waals surface area contributed by atoms with Gasteiger partial charge in [0.1, 0.15) is 0 Å². The first-order chi connectivity index (χ1) is 3.83. The maximum absolute atomic E-state index is 10.4. The minimum absolute atomic E-state index is 0.0116. The van der Waals surface area contributed by atoms with E-state index < -0.39 is 0 Å². The molecule has 0 aromatic carbocycles. The number of hydrogen-bond donors (Lipinski definition) is 1. The van der Waals surface area contributed by atoms with Crippen LogP contribution in [0.25, 0.3) is 0 Å². The molecule has 1 atom stereocenters. The van der Waals surface area contributed by atoms with Crippen LogP contribution in [0.4, 0.5) is 0 Å². The minimum atomic E-state index is -0.0307. The van der Waals surface area contributed by atoms with Crippen molar-refractivity contribution in [2.75, 3.05) is 13.7 Å². The molecule has 3 heteroatoms. The van der Waals surface area contributed by atoms with Gasteiger partial charge in [-0.25, -0.2) is 0 Å². The van der Waals surface area contributed by atoms with Crippen LogP contribution in [0.3, 0.4) is 0 Å². The summed E-state index contributed by atoms with van der Waals surface area (Å²) < 4.78 is 4.84. The standard InChI is InChI=1S/C5H8NO2/c1-8-4-2-5(7)6-3-4/h2,4H,3H2,1H3,(H,6,7). The van der Waals surface area contributed by atoms with Crippen molar-refractivity contribution in [2.24, 2.45) is 0 Å². The van der Waals surface area contributed by atoms with Crippen LogP contribution in [0, 0.1) is 6.42 Å². The summed E-state index contributed by atoms with van der Waals surface area (Å²) in [5.74, 6) is -0.0307. The fraction of sp³-hybridized carbons (Fsp3) is 0.600. The van der Waals surface area contributed by atoms with E-state index in [0.29, 0.717) is 6.54 Å². The summed E-state index contributed by atoms with van der Waals surface area (Å²) in [4.78, 5) is 10.4. The van der Waals surface area contributed by atoms with Crippen molar-refractivity contribution in [3.63, 3.8) is 0 Å². The number of hydrogen-bond acceptors (Lipinski definition) is 2. The predicted molar refractivity (Wildman–Crippen MR) is 28.1 cm³/mol. The minimum Gasteiger partial charge on any atom is -0.379 e. The third-order valence-electron chi connectivity index (χ3n) is 1.12. The topological polar surface area (TPSA) is 38.3 Å². The van der Waals surface area contributed by atoms with Crippen molar-refractivity contribution in [3.05, 3.63) is 6.42 Å². The average molecular weight is 114 g/mol. The molecule has 1 radical (unpaired) electrons. The Balaban J connectivity index is 2.32. The highest BCUT2D eigenvalue weighted by atomic mass is 16.5. The Hall–Kier alpha value is -0.570. The summed E-state index contributed by atoms with van der Waals surface area (Å²) in [6, 6.07) is 0. The molecule has 1 rings (SSSR count). The first-order valence-corrected chi connectivity index (χ1v) is 2.48. The van der Waals surface area contributed by atoms with Crippen molar-refractivity contribution in [1.82, 2.24) is 5.32 Å². The van der Waals surface area contributed by atoms with Crippen molar-refractivity contribution >= 4 is 5.91 Å². The average Bonchev–Trinajstić information content (AvgIpc) is 2.14. The molecule has 1 fully saturated rings. The molecular weight excluding hydrogens is 106 g/mol. The number of nitrogens with one attached hydrogen (secondary N) is 1. The summed E-state index contributed by atoms with van der Waals surface area (Å²) in [7, 11) is 1.58. The van der Waals surface area contributed by atoms with Crippen LogP contribution < -0.4 is 5.32 Å². The molecule has 8 heavy (non-hydrogen) atoms. The van der Waals surface area contributed by atoms with Crippen molar-refractivity contribution in [3.8, 4) is 0 Å². The number of rotatable bonds is 1. The lowest BCUT2D eigenvalue weighted by Crippen LogP contribution is -2.16. The van der Waals surface area contributed by atoms with E-state index >= 15 is 0 Å². The zero-order chi connectivity index (χ0) is 5.98. The lowest BCUT2D eigenvalue weighted by molar-refractivity contribution is -0.116. The summed E-state index contributed by atoms with van der Waals surface area (Å²) in [5, 5.41) is 2.60. The van der Waals surface area contributed by atoms with Gasteiger partial charge >= 0.3 is 0 Å². The number of amides is 1. The number of carbonyl (C=O) groups is 1. The molecule has 1 aliphatic rings. The summed E-state index contributed by atoms with van der Waals surface area (Å²) in [6.45, 7) is 0.620. The van der Waals surface area contributed by atoms with E-state index in [1.165, 1.54) is 6.42 Å². The van der Waals surface area contributed by atoms with E-state index in [4.69, 9.17) is 4.74 Å². The second kappa shape index (κ2) is 2.13. The Morgan fingerprint density at radius 3 is 3.00 bits per heavy atom. The van der Waals surface area contributed by atoms with Gasteiger partial charge in [0.2, 0.25) is 5.91 Å². The highest BCUT2D eigenvalue weighted by Crippen LogP contribution is 1.99. The second-order valence-corrected chi connectivity index (χ2v) is 1.69. The molecule has 0 saturated carbocycles. The third-order valence-corrected chi connectivity index (χ3v) is 1.12. The van der Waals surface area contributed by atoms with Crippen molar-refractivity contribution in [2.45, 2.75) is 6.10 Å². The van der Waals surface area contributed by atoms with Crippen LogP contribution in [0.5, 0.6) is 0 Å². The van der Waals surface area contributed by atoms with Crippen LogP contribution in [0.15, 0.2) is 0 Å². The monoisotopic (exact) mass is 114 g/mol. The van der Waals surface area contributed by atoms with Crippen LogP contribution >= 0.6 is 0 Å². The highest BCUT2D eigenvalue weighted by Gasteiger charge is 2.20. The Labute approximate surface area is 48.0 Å². The van der Waals surface area contributed by atoms with E-state index in [0.717, 1.165) is 0 Å². The fourth-order valence-corrected chi connectivity index (χ4v) is 0.639. The van der Waals surface area contributed by atoms with Crippen molar-refractivity contribution in [1.29, 1.82) is 0 Å². The first kappa shape index (κ1) is 5.56. The Morgan fingerprint density at radius 1 is 2.00 bits per heavy atom. The Morgan fingerprint density at radius 2 is 2.75 bits per heavy atom. The van der Waals surface area contributed by atoms with Gasteiger partial charge < -0.3 is 10.1 Å². The van der Waals surface area contributed by atoms with Gasteiger partial charge in [-0.3, -0.25) is 4.79 Å². The number of ether oxygens (including phenoxy) is 1. The lowest BCUT2D eigenvalue weighted by Gasteiger charge is -1.99. The zero-order valence-electron chi connectivity index (χ0n) is 4.68. The van der Waals surface area contributed by atoms with Gasteiger partial charge in [-0.15, -0.1) is 0 Å².